The summed E-state index contributed by atoms with van der Waals surface area (Å²) in [4.78, 5) is 1.46. The van der Waals surface area contributed by atoms with Gasteiger partial charge in [-0.15, -0.1) is 11.3 Å². The summed E-state index contributed by atoms with van der Waals surface area (Å²) in [5.41, 5.74) is 0. The van der Waals surface area contributed by atoms with E-state index in [1.807, 2.05) is 11.3 Å². The minimum Gasteiger partial charge on any atom is -0.376 e. The lowest BCUT2D eigenvalue weighted by molar-refractivity contribution is 0.0775. The van der Waals surface area contributed by atoms with Crippen molar-refractivity contribution in [2.24, 2.45) is 11.8 Å². The summed E-state index contributed by atoms with van der Waals surface area (Å²) in [6.07, 6.45) is 4.39. The first-order chi connectivity index (χ1) is 8.75. The zero-order valence-electron chi connectivity index (χ0n) is 11.3. The minimum absolute atomic E-state index is 0.478. The number of rotatable bonds is 5. The molecule has 0 radical (unpaired) electrons. The topological polar surface area (TPSA) is 21.3 Å². The predicted molar refractivity (Wildman–Crippen MR) is 75.9 cm³/mol. The third-order valence-electron chi connectivity index (χ3n) is 4.13. The second kappa shape index (κ2) is 5.32. The Labute approximate surface area is 114 Å². The average molecular weight is 265 g/mol. The molecule has 2 nitrogen and oxygen atoms in total. The number of nitrogens with one attached hydrogen (secondary N) is 1. The first-order valence-corrected chi connectivity index (χ1v) is 8.04. The van der Waals surface area contributed by atoms with E-state index in [-0.39, 0.29) is 0 Å². The van der Waals surface area contributed by atoms with Gasteiger partial charge in [0, 0.05) is 23.6 Å². The molecule has 1 N–H and O–H groups in total. The van der Waals surface area contributed by atoms with Crippen molar-refractivity contribution >= 4 is 11.3 Å². The molecule has 2 aliphatic rings. The van der Waals surface area contributed by atoms with Crippen LogP contribution in [0, 0.1) is 11.8 Å². The third kappa shape index (κ3) is 2.63. The lowest BCUT2D eigenvalue weighted by Gasteiger charge is -2.28. The van der Waals surface area contributed by atoms with Crippen LogP contribution in [-0.4, -0.2) is 18.8 Å². The van der Waals surface area contributed by atoms with E-state index in [0.29, 0.717) is 24.1 Å². The number of thiophene rings is 1. The van der Waals surface area contributed by atoms with Gasteiger partial charge in [0.1, 0.15) is 0 Å². The van der Waals surface area contributed by atoms with Gasteiger partial charge in [-0.25, -0.2) is 0 Å². The molecule has 1 saturated heterocycles. The number of ether oxygens (including phenoxy) is 1. The Morgan fingerprint density at radius 3 is 2.78 bits per heavy atom. The Morgan fingerprint density at radius 1 is 1.33 bits per heavy atom. The highest BCUT2D eigenvalue weighted by Crippen LogP contribution is 2.40. The van der Waals surface area contributed by atoms with Crippen LogP contribution >= 0.6 is 11.3 Å². The molecule has 2 heterocycles. The van der Waals surface area contributed by atoms with Crippen molar-refractivity contribution < 1.29 is 4.74 Å². The lowest BCUT2D eigenvalue weighted by Crippen LogP contribution is -2.41. The fourth-order valence-electron chi connectivity index (χ4n) is 2.98. The Balaban J connectivity index is 1.68. The molecule has 18 heavy (non-hydrogen) atoms. The van der Waals surface area contributed by atoms with Gasteiger partial charge in [0.25, 0.3) is 0 Å². The molecule has 1 aliphatic heterocycles. The van der Waals surface area contributed by atoms with Gasteiger partial charge >= 0.3 is 0 Å². The smallest absolute Gasteiger partial charge is 0.0757 e. The molecule has 2 fully saturated rings. The van der Waals surface area contributed by atoms with E-state index in [2.05, 4.69) is 36.7 Å². The van der Waals surface area contributed by atoms with E-state index < -0.39 is 0 Å². The Morgan fingerprint density at radius 2 is 2.17 bits per heavy atom. The van der Waals surface area contributed by atoms with Gasteiger partial charge in [-0.1, -0.05) is 19.9 Å². The van der Waals surface area contributed by atoms with Crippen LogP contribution in [0.25, 0.3) is 0 Å². The van der Waals surface area contributed by atoms with Gasteiger partial charge < -0.3 is 10.1 Å². The molecule has 100 valence electrons. The van der Waals surface area contributed by atoms with Crippen molar-refractivity contribution in [1.29, 1.82) is 0 Å². The van der Waals surface area contributed by atoms with Gasteiger partial charge in [0.2, 0.25) is 0 Å². The summed E-state index contributed by atoms with van der Waals surface area (Å²) in [6, 6.07) is 5.45. The van der Waals surface area contributed by atoms with E-state index in [1.54, 1.807) is 0 Å². The third-order valence-corrected chi connectivity index (χ3v) is 5.09. The molecular weight excluding hydrogens is 242 g/mol. The maximum absolute atomic E-state index is 5.93. The fourth-order valence-corrected chi connectivity index (χ4v) is 3.94. The van der Waals surface area contributed by atoms with E-state index >= 15 is 0 Å². The normalized spacial score (nSPS) is 29.9. The first-order valence-electron chi connectivity index (χ1n) is 7.17. The maximum Gasteiger partial charge on any atom is 0.0757 e. The Bertz CT molecular complexity index is 372. The van der Waals surface area contributed by atoms with E-state index in [0.717, 1.165) is 12.5 Å². The zero-order valence-corrected chi connectivity index (χ0v) is 12.1. The van der Waals surface area contributed by atoms with E-state index in [9.17, 15) is 0 Å². The summed E-state index contributed by atoms with van der Waals surface area (Å²) in [5, 5.41) is 6.05. The zero-order chi connectivity index (χ0) is 12.5. The van der Waals surface area contributed by atoms with Crippen LogP contribution in [-0.2, 0) is 4.74 Å². The molecule has 1 aromatic heterocycles. The van der Waals surface area contributed by atoms with Gasteiger partial charge in [-0.3, -0.25) is 0 Å². The summed E-state index contributed by atoms with van der Waals surface area (Å²) in [5.74, 6) is 1.46. The quantitative estimate of drug-likeness (QED) is 0.878. The van der Waals surface area contributed by atoms with Crippen molar-refractivity contribution in [2.75, 3.05) is 6.61 Å². The molecule has 3 atom stereocenters. The van der Waals surface area contributed by atoms with Gasteiger partial charge in [-0.05, 0) is 42.5 Å². The van der Waals surface area contributed by atoms with Crippen LogP contribution in [0.5, 0.6) is 0 Å². The van der Waals surface area contributed by atoms with Gasteiger partial charge in [0.05, 0.1) is 6.10 Å². The van der Waals surface area contributed by atoms with Gasteiger partial charge in [0.15, 0.2) is 0 Å². The molecular formula is C15H23NOS. The van der Waals surface area contributed by atoms with Crippen LogP contribution in [0.2, 0.25) is 0 Å². The molecule has 3 heteroatoms. The molecule has 0 aromatic carbocycles. The molecule has 0 bridgehead atoms. The van der Waals surface area contributed by atoms with E-state index in [1.165, 1.54) is 24.1 Å². The Hall–Kier alpha value is -0.380. The average Bonchev–Trinajstić information content (AvgIpc) is 2.89. The lowest BCUT2D eigenvalue weighted by atomic mass is 9.98. The number of hydrogen-bond donors (Lipinski definition) is 1. The second-order valence-electron chi connectivity index (χ2n) is 5.97. The summed E-state index contributed by atoms with van der Waals surface area (Å²) in [7, 11) is 0. The second-order valence-corrected chi connectivity index (χ2v) is 6.95. The molecule has 1 aromatic rings. The molecule has 0 spiro atoms. The minimum atomic E-state index is 0.478. The van der Waals surface area contributed by atoms with Crippen molar-refractivity contribution in [1.82, 2.24) is 5.32 Å². The van der Waals surface area contributed by atoms with Crippen LogP contribution < -0.4 is 5.32 Å². The number of hydrogen-bond acceptors (Lipinski definition) is 3. The standard InChI is InChI=1S/C15H23NOS/c1-10(2)14(13-4-3-9-18-13)16-12-7-8-17-15(12)11-5-6-11/h3-4,9-12,14-16H,5-8H2,1-2H3. The van der Waals surface area contributed by atoms with Crippen molar-refractivity contribution in [3.05, 3.63) is 22.4 Å². The van der Waals surface area contributed by atoms with Crippen molar-refractivity contribution in [2.45, 2.75) is 51.3 Å². The summed E-state index contributed by atoms with van der Waals surface area (Å²) < 4.78 is 5.93. The molecule has 3 unspecified atom stereocenters. The molecule has 1 saturated carbocycles. The SMILES string of the molecule is CC(C)C(NC1CCOC1C1CC1)c1cccs1. The monoisotopic (exact) mass is 265 g/mol. The first kappa shape index (κ1) is 12.6. The molecule has 0 amide bonds. The predicted octanol–water partition coefficient (Wildman–Crippen LogP) is 3.60. The largest absolute Gasteiger partial charge is 0.376 e. The molecule has 3 rings (SSSR count). The fraction of sp³-hybridized carbons (Fsp3) is 0.733. The van der Waals surface area contributed by atoms with Gasteiger partial charge in [-0.2, -0.15) is 0 Å². The highest BCUT2D eigenvalue weighted by Gasteiger charge is 2.41. The Kier molecular flexibility index (Phi) is 3.73. The molecule has 1 aliphatic carbocycles. The maximum atomic E-state index is 5.93. The van der Waals surface area contributed by atoms with Crippen molar-refractivity contribution in [3.8, 4) is 0 Å². The summed E-state index contributed by atoms with van der Waals surface area (Å²) >= 11 is 1.86. The highest BCUT2D eigenvalue weighted by atomic mass is 32.1. The van der Waals surface area contributed by atoms with Crippen LogP contribution in [0.4, 0.5) is 0 Å². The summed E-state index contributed by atoms with van der Waals surface area (Å²) in [6.45, 7) is 5.55. The highest BCUT2D eigenvalue weighted by molar-refractivity contribution is 7.10. The van der Waals surface area contributed by atoms with E-state index in [4.69, 9.17) is 4.74 Å². The van der Waals surface area contributed by atoms with Crippen LogP contribution in [0.15, 0.2) is 17.5 Å². The van der Waals surface area contributed by atoms with Crippen molar-refractivity contribution in [3.63, 3.8) is 0 Å². The van der Waals surface area contributed by atoms with Crippen LogP contribution in [0.1, 0.15) is 44.0 Å². The van der Waals surface area contributed by atoms with Crippen LogP contribution in [0.3, 0.4) is 0 Å².